The Kier molecular flexibility index (Phi) is 3.73. The van der Waals surface area contributed by atoms with Crippen LogP contribution in [0.4, 0.5) is 0 Å². The number of aliphatic hydroxyl groups excluding tert-OH is 1. The topological polar surface area (TPSA) is 42.4 Å². The van der Waals surface area contributed by atoms with E-state index in [-0.39, 0.29) is 6.61 Å². The summed E-state index contributed by atoms with van der Waals surface area (Å²) in [4.78, 5) is 3.92. The highest BCUT2D eigenvalue weighted by Gasteiger charge is 2.02. The number of pyridine rings is 1. The van der Waals surface area contributed by atoms with Gasteiger partial charge in [-0.05, 0) is 11.6 Å². The number of hydrogen-bond acceptors (Lipinski definition) is 3. The molecule has 0 aromatic carbocycles. The third-order valence-electron chi connectivity index (χ3n) is 1.38. The monoisotopic (exact) mass is 199 g/mol. The summed E-state index contributed by atoms with van der Waals surface area (Å²) >= 11 is 5.81. The first-order chi connectivity index (χ1) is 6.27. The SMILES string of the molecule is C=CCOc1ncc(CO)cc1Cl. The van der Waals surface area contributed by atoms with Gasteiger partial charge in [-0.25, -0.2) is 4.98 Å². The van der Waals surface area contributed by atoms with Crippen molar-refractivity contribution in [3.63, 3.8) is 0 Å². The van der Waals surface area contributed by atoms with Crippen LogP contribution in [0.5, 0.6) is 5.88 Å². The van der Waals surface area contributed by atoms with Crippen LogP contribution in [-0.2, 0) is 6.61 Å². The van der Waals surface area contributed by atoms with Crippen molar-refractivity contribution in [2.45, 2.75) is 6.61 Å². The molecule has 1 rings (SSSR count). The molecular weight excluding hydrogens is 190 g/mol. The molecule has 1 aromatic heterocycles. The van der Waals surface area contributed by atoms with Crippen molar-refractivity contribution in [3.05, 3.63) is 35.5 Å². The number of aromatic nitrogens is 1. The van der Waals surface area contributed by atoms with Crippen molar-refractivity contribution in [2.24, 2.45) is 0 Å². The number of hydrogen-bond donors (Lipinski definition) is 1. The van der Waals surface area contributed by atoms with Crippen LogP contribution in [0.3, 0.4) is 0 Å². The molecule has 0 radical (unpaired) electrons. The number of ether oxygens (including phenoxy) is 1. The molecule has 1 heterocycles. The largest absolute Gasteiger partial charge is 0.472 e. The van der Waals surface area contributed by atoms with Crippen LogP contribution in [0.2, 0.25) is 5.02 Å². The fourth-order valence-electron chi connectivity index (χ4n) is 0.796. The summed E-state index contributed by atoms with van der Waals surface area (Å²) in [5.41, 5.74) is 0.663. The molecule has 0 fully saturated rings. The van der Waals surface area contributed by atoms with Gasteiger partial charge in [0.05, 0.1) is 6.61 Å². The first-order valence-corrected chi connectivity index (χ1v) is 4.14. The lowest BCUT2D eigenvalue weighted by atomic mass is 10.3. The molecule has 0 saturated carbocycles. The van der Waals surface area contributed by atoms with E-state index in [0.717, 1.165) is 0 Å². The Hall–Kier alpha value is -1.06. The van der Waals surface area contributed by atoms with Gasteiger partial charge in [-0.2, -0.15) is 0 Å². The molecule has 0 amide bonds. The molecule has 0 aliphatic rings. The van der Waals surface area contributed by atoms with Gasteiger partial charge in [0, 0.05) is 6.20 Å². The summed E-state index contributed by atoms with van der Waals surface area (Å²) in [6.07, 6.45) is 3.13. The van der Waals surface area contributed by atoms with Crippen molar-refractivity contribution < 1.29 is 9.84 Å². The second-order valence-corrected chi connectivity index (χ2v) is 2.80. The van der Waals surface area contributed by atoms with Gasteiger partial charge in [-0.15, -0.1) is 0 Å². The zero-order valence-electron chi connectivity index (χ0n) is 7.03. The maximum Gasteiger partial charge on any atom is 0.232 e. The fraction of sp³-hybridized carbons (Fsp3) is 0.222. The molecular formula is C9H10ClNO2. The number of nitrogens with zero attached hydrogens (tertiary/aromatic N) is 1. The van der Waals surface area contributed by atoms with Crippen molar-refractivity contribution in [1.82, 2.24) is 4.98 Å². The van der Waals surface area contributed by atoms with Gasteiger partial charge >= 0.3 is 0 Å². The molecule has 3 nitrogen and oxygen atoms in total. The average Bonchev–Trinajstić information content (AvgIpc) is 2.16. The maximum atomic E-state index is 8.77. The van der Waals surface area contributed by atoms with Gasteiger partial charge in [0.25, 0.3) is 0 Å². The van der Waals surface area contributed by atoms with Crippen LogP contribution in [-0.4, -0.2) is 16.7 Å². The van der Waals surface area contributed by atoms with Crippen molar-refractivity contribution in [1.29, 1.82) is 0 Å². The zero-order valence-corrected chi connectivity index (χ0v) is 7.79. The van der Waals surface area contributed by atoms with E-state index in [1.54, 1.807) is 12.1 Å². The van der Waals surface area contributed by atoms with E-state index in [0.29, 0.717) is 23.1 Å². The van der Waals surface area contributed by atoms with Crippen molar-refractivity contribution in [3.8, 4) is 5.88 Å². The van der Waals surface area contributed by atoms with Gasteiger partial charge in [-0.3, -0.25) is 0 Å². The van der Waals surface area contributed by atoms with E-state index in [1.807, 2.05) is 0 Å². The van der Waals surface area contributed by atoms with E-state index < -0.39 is 0 Å². The predicted molar refractivity (Wildman–Crippen MR) is 50.9 cm³/mol. The molecule has 13 heavy (non-hydrogen) atoms. The predicted octanol–water partition coefficient (Wildman–Crippen LogP) is 1.79. The molecule has 0 bridgehead atoms. The standard InChI is InChI=1S/C9H10ClNO2/c1-2-3-13-9-8(10)4-7(6-12)5-11-9/h2,4-5,12H,1,3,6H2. The first kappa shape index (κ1) is 10.0. The van der Waals surface area contributed by atoms with Crippen LogP contribution >= 0.6 is 11.6 Å². The Morgan fingerprint density at radius 1 is 1.69 bits per heavy atom. The lowest BCUT2D eigenvalue weighted by Crippen LogP contribution is -1.97. The maximum absolute atomic E-state index is 8.77. The van der Waals surface area contributed by atoms with Crippen LogP contribution in [0.15, 0.2) is 24.9 Å². The zero-order chi connectivity index (χ0) is 9.68. The second kappa shape index (κ2) is 4.84. The second-order valence-electron chi connectivity index (χ2n) is 2.39. The summed E-state index contributed by atoms with van der Waals surface area (Å²) in [7, 11) is 0. The van der Waals surface area contributed by atoms with Gasteiger partial charge in [0.15, 0.2) is 0 Å². The smallest absolute Gasteiger partial charge is 0.232 e. The Bertz CT molecular complexity index is 302. The van der Waals surface area contributed by atoms with E-state index in [1.165, 1.54) is 6.20 Å². The molecule has 0 saturated heterocycles. The first-order valence-electron chi connectivity index (χ1n) is 3.77. The number of halogens is 1. The molecule has 70 valence electrons. The van der Waals surface area contributed by atoms with E-state index in [9.17, 15) is 0 Å². The summed E-state index contributed by atoms with van der Waals surface area (Å²) in [6, 6.07) is 1.62. The van der Waals surface area contributed by atoms with Crippen LogP contribution in [0.1, 0.15) is 5.56 Å². The molecule has 1 N–H and O–H groups in total. The highest BCUT2D eigenvalue weighted by atomic mass is 35.5. The molecule has 1 aromatic rings. The summed E-state index contributed by atoms with van der Waals surface area (Å²) in [5.74, 6) is 0.360. The Morgan fingerprint density at radius 2 is 2.46 bits per heavy atom. The summed E-state index contributed by atoms with van der Waals surface area (Å²) in [5, 5.41) is 9.17. The Morgan fingerprint density at radius 3 is 3.00 bits per heavy atom. The lowest BCUT2D eigenvalue weighted by molar-refractivity contribution is 0.280. The van der Waals surface area contributed by atoms with Gasteiger partial charge < -0.3 is 9.84 Å². The van der Waals surface area contributed by atoms with E-state index in [2.05, 4.69) is 11.6 Å². The van der Waals surface area contributed by atoms with Crippen LogP contribution in [0.25, 0.3) is 0 Å². The van der Waals surface area contributed by atoms with Gasteiger partial charge in [0.2, 0.25) is 5.88 Å². The van der Waals surface area contributed by atoms with E-state index >= 15 is 0 Å². The minimum absolute atomic E-state index is 0.0749. The Labute approximate surface area is 81.6 Å². The van der Waals surface area contributed by atoms with Crippen molar-refractivity contribution in [2.75, 3.05) is 6.61 Å². The average molecular weight is 200 g/mol. The molecule has 0 aliphatic heterocycles. The minimum atomic E-state index is -0.0749. The fourth-order valence-corrected chi connectivity index (χ4v) is 1.04. The normalized spacial score (nSPS) is 9.69. The molecule has 0 aliphatic carbocycles. The molecule has 4 heteroatoms. The molecule has 0 spiro atoms. The Balaban J connectivity index is 2.78. The molecule has 0 atom stereocenters. The summed E-state index contributed by atoms with van der Waals surface area (Å²) in [6.45, 7) is 3.79. The van der Waals surface area contributed by atoms with Crippen LogP contribution < -0.4 is 4.74 Å². The molecule has 0 unspecified atom stereocenters. The highest BCUT2D eigenvalue weighted by molar-refractivity contribution is 6.31. The summed E-state index contributed by atoms with van der Waals surface area (Å²) < 4.78 is 5.14. The third-order valence-corrected chi connectivity index (χ3v) is 1.66. The highest BCUT2D eigenvalue weighted by Crippen LogP contribution is 2.22. The van der Waals surface area contributed by atoms with Gasteiger partial charge in [-0.1, -0.05) is 24.3 Å². The third kappa shape index (κ3) is 2.72. The van der Waals surface area contributed by atoms with E-state index in [4.69, 9.17) is 21.4 Å². The number of aliphatic hydroxyl groups is 1. The van der Waals surface area contributed by atoms with Gasteiger partial charge in [0.1, 0.15) is 11.6 Å². The number of rotatable bonds is 4. The quantitative estimate of drug-likeness (QED) is 0.752. The lowest BCUT2D eigenvalue weighted by Gasteiger charge is -2.04. The van der Waals surface area contributed by atoms with Crippen LogP contribution in [0, 0.1) is 0 Å². The minimum Gasteiger partial charge on any atom is -0.472 e. The van der Waals surface area contributed by atoms with Crippen molar-refractivity contribution >= 4 is 11.6 Å².